The van der Waals surface area contributed by atoms with Gasteiger partial charge in [0, 0.05) is 4.47 Å². The molecule has 7 heteroatoms. The van der Waals surface area contributed by atoms with E-state index in [0.29, 0.717) is 22.4 Å². The molecule has 1 fully saturated rings. The molecule has 0 aliphatic carbocycles. The number of amides is 3. The first-order valence-corrected chi connectivity index (χ1v) is 6.30. The van der Waals surface area contributed by atoms with E-state index in [-0.39, 0.29) is 11.4 Å². The number of carbonyl (C=O) groups is 2. The van der Waals surface area contributed by atoms with E-state index in [2.05, 4.69) is 26.6 Å². The smallest absolute Gasteiger partial charge is 0.326 e. The lowest BCUT2D eigenvalue weighted by Crippen LogP contribution is -2.22. The van der Waals surface area contributed by atoms with Crippen molar-refractivity contribution < 1.29 is 19.4 Å². The van der Waals surface area contributed by atoms with Crippen molar-refractivity contribution in [3.05, 3.63) is 27.9 Å². The third kappa shape index (κ3) is 2.87. The Morgan fingerprint density at radius 1 is 1.37 bits per heavy atom. The predicted octanol–water partition coefficient (Wildman–Crippen LogP) is 1.73. The van der Waals surface area contributed by atoms with Gasteiger partial charge in [-0.3, -0.25) is 10.1 Å². The number of ether oxygens (including phenoxy) is 1. The summed E-state index contributed by atoms with van der Waals surface area (Å²) >= 11 is 3.27. The molecule has 1 aliphatic heterocycles. The monoisotopic (exact) mass is 326 g/mol. The Hall–Kier alpha value is -2.02. The van der Waals surface area contributed by atoms with Crippen LogP contribution in [0.1, 0.15) is 12.5 Å². The van der Waals surface area contributed by atoms with Crippen molar-refractivity contribution in [1.82, 2.24) is 10.6 Å². The van der Waals surface area contributed by atoms with E-state index in [1.54, 1.807) is 13.0 Å². The quantitative estimate of drug-likeness (QED) is 0.583. The van der Waals surface area contributed by atoms with E-state index in [1.807, 2.05) is 0 Å². The largest absolute Gasteiger partial charge is 0.504 e. The number of aromatic hydroxyl groups is 1. The lowest BCUT2D eigenvalue weighted by atomic mass is 10.1. The van der Waals surface area contributed by atoms with Gasteiger partial charge in [-0.15, -0.1) is 0 Å². The van der Waals surface area contributed by atoms with E-state index in [9.17, 15) is 14.7 Å². The van der Waals surface area contributed by atoms with Crippen LogP contribution in [0.5, 0.6) is 11.5 Å². The second-order valence-electron chi connectivity index (χ2n) is 3.74. The number of rotatable bonds is 3. The first-order chi connectivity index (χ1) is 9.01. The highest BCUT2D eigenvalue weighted by molar-refractivity contribution is 9.10. The Balaban J connectivity index is 2.39. The number of hydrogen-bond acceptors (Lipinski definition) is 4. The van der Waals surface area contributed by atoms with Gasteiger partial charge in [-0.25, -0.2) is 4.79 Å². The van der Waals surface area contributed by atoms with Crippen LogP contribution in [-0.2, 0) is 4.79 Å². The van der Waals surface area contributed by atoms with Crippen molar-refractivity contribution in [3.63, 3.8) is 0 Å². The summed E-state index contributed by atoms with van der Waals surface area (Å²) in [4.78, 5) is 22.4. The first-order valence-electron chi connectivity index (χ1n) is 5.50. The zero-order valence-corrected chi connectivity index (χ0v) is 11.6. The minimum atomic E-state index is -0.559. The van der Waals surface area contributed by atoms with Crippen LogP contribution < -0.4 is 15.4 Å². The summed E-state index contributed by atoms with van der Waals surface area (Å²) in [7, 11) is 0. The summed E-state index contributed by atoms with van der Waals surface area (Å²) in [5.41, 5.74) is 0.743. The number of nitrogens with one attached hydrogen (secondary N) is 2. The molecule has 0 spiro atoms. The van der Waals surface area contributed by atoms with Gasteiger partial charge < -0.3 is 15.2 Å². The van der Waals surface area contributed by atoms with E-state index in [4.69, 9.17) is 4.74 Å². The highest BCUT2D eigenvalue weighted by Crippen LogP contribution is 2.33. The lowest BCUT2D eigenvalue weighted by molar-refractivity contribution is -0.115. The number of urea groups is 1. The lowest BCUT2D eigenvalue weighted by Gasteiger charge is -2.08. The third-order valence-corrected chi connectivity index (χ3v) is 3.08. The summed E-state index contributed by atoms with van der Waals surface area (Å²) in [6, 6.07) is 2.48. The molecule has 0 aromatic heterocycles. The fourth-order valence-corrected chi connectivity index (χ4v) is 2.02. The van der Waals surface area contributed by atoms with E-state index < -0.39 is 11.9 Å². The van der Waals surface area contributed by atoms with Gasteiger partial charge in [0.1, 0.15) is 5.70 Å². The van der Waals surface area contributed by atoms with Gasteiger partial charge in [0.2, 0.25) is 0 Å². The fraction of sp³-hybridized carbons (Fsp3) is 0.167. The maximum atomic E-state index is 11.4. The molecular weight excluding hydrogens is 316 g/mol. The standard InChI is InChI=1S/C12H11BrN2O4/c1-2-19-10-4-6(7(13)5-9(10)16)3-8-11(17)15-12(18)14-8/h3-5,16H,2H2,1H3,(H2,14,15,17,18). The minimum Gasteiger partial charge on any atom is -0.504 e. The van der Waals surface area contributed by atoms with Gasteiger partial charge in [-0.05, 0) is 30.7 Å². The molecule has 3 N–H and O–H groups in total. The van der Waals surface area contributed by atoms with Crippen LogP contribution in [0, 0.1) is 0 Å². The maximum absolute atomic E-state index is 11.4. The van der Waals surface area contributed by atoms with Crippen LogP contribution in [-0.4, -0.2) is 23.7 Å². The number of phenolic OH excluding ortho intramolecular Hbond substituents is 1. The second kappa shape index (κ2) is 5.31. The Morgan fingerprint density at radius 3 is 2.68 bits per heavy atom. The van der Waals surface area contributed by atoms with Crippen LogP contribution in [0.25, 0.3) is 6.08 Å². The minimum absolute atomic E-state index is 0.00390. The molecular formula is C12H11BrN2O4. The van der Waals surface area contributed by atoms with E-state index >= 15 is 0 Å². The molecule has 6 nitrogen and oxygen atoms in total. The number of imide groups is 1. The average Bonchev–Trinajstić information content (AvgIpc) is 2.64. The van der Waals surface area contributed by atoms with Gasteiger partial charge in [0.25, 0.3) is 5.91 Å². The van der Waals surface area contributed by atoms with Crippen LogP contribution in [0.2, 0.25) is 0 Å². The van der Waals surface area contributed by atoms with Crippen molar-refractivity contribution in [3.8, 4) is 11.5 Å². The number of phenols is 1. The summed E-state index contributed by atoms with van der Waals surface area (Å²) in [5.74, 6) is -0.194. The zero-order chi connectivity index (χ0) is 14.0. The molecule has 0 unspecified atom stereocenters. The molecule has 0 saturated carbocycles. The molecule has 1 heterocycles. The van der Waals surface area contributed by atoms with Gasteiger partial charge in [-0.1, -0.05) is 15.9 Å². The van der Waals surface area contributed by atoms with Gasteiger partial charge in [0.05, 0.1) is 6.61 Å². The Kier molecular flexibility index (Phi) is 3.75. The summed E-state index contributed by atoms with van der Waals surface area (Å²) in [6.45, 7) is 2.20. The van der Waals surface area contributed by atoms with Gasteiger partial charge >= 0.3 is 6.03 Å². The summed E-state index contributed by atoms with van der Waals surface area (Å²) in [5, 5.41) is 14.2. The number of carbonyl (C=O) groups excluding carboxylic acids is 2. The Labute approximate surface area is 117 Å². The molecule has 0 atom stereocenters. The van der Waals surface area contributed by atoms with E-state index in [1.165, 1.54) is 12.1 Å². The van der Waals surface area contributed by atoms with Crippen molar-refractivity contribution in [2.75, 3.05) is 6.61 Å². The average molecular weight is 327 g/mol. The van der Waals surface area contributed by atoms with Crippen LogP contribution in [0.3, 0.4) is 0 Å². The summed E-state index contributed by atoms with van der Waals surface area (Å²) in [6.07, 6.45) is 1.49. The van der Waals surface area contributed by atoms with Crippen molar-refractivity contribution >= 4 is 33.9 Å². The van der Waals surface area contributed by atoms with Gasteiger partial charge in [0.15, 0.2) is 11.5 Å². The van der Waals surface area contributed by atoms with Crippen LogP contribution in [0.15, 0.2) is 22.3 Å². The van der Waals surface area contributed by atoms with Crippen molar-refractivity contribution in [2.24, 2.45) is 0 Å². The van der Waals surface area contributed by atoms with Crippen molar-refractivity contribution in [1.29, 1.82) is 0 Å². The molecule has 2 rings (SSSR count). The predicted molar refractivity (Wildman–Crippen MR) is 71.6 cm³/mol. The molecule has 3 amide bonds. The first kappa shape index (κ1) is 13.4. The molecule has 1 saturated heterocycles. The van der Waals surface area contributed by atoms with Crippen LogP contribution in [0.4, 0.5) is 4.79 Å². The Bertz CT molecular complexity index is 583. The third-order valence-electron chi connectivity index (χ3n) is 2.40. The normalized spacial score (nSPS) is 16.4. The number of benzene rings is 1. The molecule has 100 valence electrons. The topological polar surface area (TPSA) is 87.7 Å². The molecule has 1 aliphatic rings. The highest BCUT2D eigenvalue weighted by Gasteiger charge is 2.23. The molecule has 1 aromatic carbocycles. The second-order valence-corrected chi connectivity index (χ2v) is 4.60. The van der Waals surface area contributed by atoms with E-state index in [0.717, 1.165) is 0 Å². The maximum Gasteiger partial charge on any atom is 0.326 e. The van der Waals surface area contributed by atoms with Gasteiger partial charge in [-0.2, -0.15) is 0 Å². The molecule has 19 heavy (non-hydrogen) atoms. The number of hydrogen-bond donors (Lipinski definition) is 3. The number of halogens is 1. The summed E-state index contributed by atoms with van der Waals surface area (Å²) < 4.78 is 5.84. The Morgan fingerprint density at radius 2 is 2.11 bits per heavy atom. The van der Waals surface area contributed by atoms with Crippen molar-refractivity contribution in [2.45, 2.75) is 6.92 Å². The van der Waals surface area contributed by atoms with Crippen LogP contribution >= 0.6 is 15.9 Å². The zero-order valence-electron chi connectivity index (χ0n) is 9.99. The molecule has 1 aromatic rings. The molecule has 0 radical (unpaired) electrons. The highest BCUT2D eigenvalue weighted by atomic mass is 79.9. The molecule has 0 bridgehead atoms. The SMILES string of the molecule is CCOc1cc(C=C2NC(=O)NC2=O)c(Br)cc1O. The fourth-order valence-electron chi connectivity index (χ4n) is 1.58.